The molecule has 0 fully saturated rings. The first kappa shape index (κ1) is 21.8. The molecule has 3 aromatic carbocycles. The van der Waals surface area contributed by atoms with Crippen molar-refractivity contribution in [2.75, 3.05) is 6.61 Å². The van der Waals surface area contributed by atoms with E-state index in [1.54, 1.807) is 12.1 Å². The monoisotopic (exact) mass is 489 g/mol. The second-order valence-corrected chi connectivity index (χ2v) is 8.22. The van der Waals surface area contributed by atoms with Crippen LogP contribution in [-0.4, -0.2) is 22.1 Å². The summed E-state index contributed by atoms with van der Waals surface area (Å²) in [5.41, 5.74) is 3.63. The Morgan fingerprint density at radius 1 is 1.06 bits per heavy atom. The number of nitrogens with zero attached hydrogens (tertiary/aromatic N) is 2. The summed E-state index contributed by atoms with van der Waals surface area (Å²) in [6, 6.07) is 23.2. The van der Waals surface area contributed by atoms with E-state index in [9.17, 15) is 4.79 Å². The molecule has 0 spiro atoms. The summed E-state index contributed by atoms with van der Waals surface area (Å²) in [5, 5.41) is 2.98. The highest BCUT2D eigenvalue weighted by Crippen LogP contribution is 2.20. The molecule has 1 N–H and O–H groups in total. The Kier molecular flexibility index (Phi) is 7.02. The largest absolute Gasteiger partial charge is 0.491 e. The fraction of sp³-hybridized carbons (Fsp3) is 0.154. The first-order valence-corrected chi connectivity index (χ1v) is 11.2. The number of benzene rings is 3. The van der Waals surface area contributed by atoms with Crippen LogP contribution in [0.1, 0.15) is 21.7 Å². The predicted octanol–water partition coefficient (Wildman–Crippen LogP) is 5.54. The minimum absolute atomic E-state index is 0.134. The van der Waals surface area contributed by atoms with Gasteiger partial charge < -0.3 is 14.6 Å². The summed E-state index contributed by atoms with van der Waals surface area (Å²) in [7, 11) is 0. The van der Waals surface area contributed by atoms with Gasteiger partial charge in [-0.3, -0.25) is 4.79 Å². The molecule has 0 aliphatic carbocycles. The number of carbonyl (C=O) groups is 1. The van der Waals surface area contributed by atoms with Gasteiger partial charge in [0.15, 0.2) is 0 Å². The Bertz CT molecular complexity index is 1230. The molecule has 32 heavy (non-hydrogen) atoms. The van der Waals surface area contributed by atoms with Crippen LogP contribution in [0.25, 0.3) is 11.0 Å². The lowest BCUT2D eigenvalue weighted by Gasteiger charge is -2.13. The number of carbonyl (C=O) groups excluding carboxylic acids is 1. The van der Waals surface area contributed by atoms with E-state index in [-0.39, 0.29) is 5.91 Å². The maximum absolute atomic E-state index is 12.6. The molecule has 0 saturated heterocycles. The van der Waals surface area contributed by atoms with Crippen molar-refractivity contribution in [1.82, 2.24) is 14.9 Å². The van der Waals surface area contributed by atoms with Crippen LogP contribution >= 0.6 is 15.9 Å². The molecule has 162 valence electrons. The van der Waals surface area contributed by atoms with Crippen LogP contribution < -0.4 is 10.1 Å². The van der Waals surface area contributed by atoms with Gasteiger partial charge in [-0.25, -0.2) is 4.98 Å². The summed E-state index contributed by atoms with van der Waals surface area (Å²) < 4.78 is 9.12. The van der Waals surface area contributed by atoms with Gasteiger partial charge in [-0.05, 0) is 54.4 Å². The summed E-state index contributed by atoms with van der Waals surface area (Å²) >= 11 is 3.39. The second kappa shape index (κ2) is 10.3. The van der Waals surface area contributed by atoms with E-state index >= 15 is 0 Å². The number of ether oxygens (including phenoxy) is 1. The van der Waals surface area contributed by atoms with Crippen molar-refractivity contribution in [2.45, 2.75) is 19.5 Å². The van der Waals surface area contributed by atoms with Gasteiger partial charge in [0.2, 0.25) is 0 Å². The molecule has 0 atom stereocenters. The standard InChI is InChI=1S/C26H24BrN3O2/c1-2-7-19-8-3-6-11-24(19)32-17-16-30-23-10-5-4-9-22(23)29-25(30)18-28-26(31)20-12-14-21(27)15-13-20/h2-6,8-15H,1,7,16-18H2,(H,28,31). The molecular weight excluding hydrogens is 466 g/mol. The van der Waals surface area contributed by atoms with Gasteiger partial charge in [0.1, 0.15) is 18.2 Å². The van der Waals surface area contributed by atoms with E-state index in [4.69, 9.17) is 9.72 Å². The molecule has 0 saturated carbocycles. The zero-order valence-electron chi connectivity index (χ0n) is 17.6. The van der Waals surface area contributed by atoms with Gasteiger partial charge in [0.25, 0.3) is 5.91 Å². The number of halogens is 1. The number of allylic oxidation sites excluding steroid dienone is 1. The number of para-hydroxylation sites is 3. The molecule has 4 rings (SSSR count). The van der Waals surface area contributed by atoms with Gasteiger partial charge in [-0.1, -0.05) is 52.3 Å². The van der Waals surface area contributed by atoms with Crippen molar-refractivity contribution >= 4 is 32.9 Å². The Hall–Kier alpha value is -3.38. The summed E-state index contributed by atoms with van der Waals surface area (Å²) in [4.78, 5) is 17.3. The van der Waals surface area contributed by atoms with Crippen LogP contribution in [0.4, 0.5) is 0 Å². The molecule has 1 amide bonds. The topological polar surface area (TPSA) is 56.1 Å². The number of rotatable bonds is 9. The molecule has 0 aliphatic heterocycles. The Balaban J connectivity index is 1.48. The number of nitrogens with one attached hydrogen (secondary N) is 1. The van der Waals surface area contributed by atoms with Crippen LogP contribution in [0, 0.1) is 0 Å². The van der Waals surface area contributed by atoms with Crippen molar-refractivity contribution in [3.8, 4) is 5.75 Å². The fourth-order valence-electron chi connectivity index (χ4n) is 3.59. The number of fused-ring (bicyclic) bond motifs is 1. The average Bonchev–Trinajstić information content (AvgIpc) is 3.17. The SMILES string of the molecule is C=CCc1ccccc1OCCn1c(CNC(=O)c2ccc(Br)cc2)nc2ccccc21. The highest BCUT2D eigenvalue weighted by Gasteiger charge is 2.13. The highest BCUT2D eigenvalue weighted by molar-refractivity contribution is 9.10. The van der Waals surface area contributed by atoms with E-state index < -0.39 is 0 Å². The molecule has 4 aromatic rings. The smallest absolute Gasteiger partial charge is 0.251 e. The molecule has 0 radical (unpaired) electrons. The van der Waals surface area contributed by atoms with Crippen molar-refractivity contribution < 1.29 is 9.53 Å². The molecule has 1 aromatic heterocycles. The van der Waals surface area contributed by atoms with Gasteiger partial charge in [0.05, 0.1) is 24.1 Å². The summed E-state index contributed by atoms with van der Waals surface area (Å²) in [6.07, 6.45) is 2.63. The highest BCUT2D eigenvalue weighted by atomic mass is 79.9. The van der Waals surface area contributed by atoms with Crippen LogP contribution in [0.5, 0.6) is 5.75 Å². The molecule has 1 heterocycles. The molecule has 0 unspecified atom stereocenters. The van der Waals surface area contributed by atoms with Crippen molar-refractivity contribution in [2.24, 2.45) is 0 Å². The molecule has 0 bridgehead atoms. The summed E-state index contributed by atoms with van der Waals surface area (Å²) in [6.45, 7) is 5.26. The Morgan fingerprint density at radius 3 is 2.62 bits per heavy atom. The maximum atomic E-state index is 12.6. The fourth-order valence-corrected chi connectivity index (χ4v) is 3.85. The Morgan fingerprint density at radius 2 is 1.81 bits per heavy atom. The average molecular weight is 490 g/mol. The summed E-state index contributed by atoms with van der Waals surface area (Å²) in [5.74, 6) is 1.52. The first-order valence-electron chi connectivity index (χ1n) is 10.4. The van der Waals surface area contributed by atoms with Crippen LogP contribution in [0.3, 0.4) is 0 Å². The third-order valence-corrected chi connectivity index (χ3v) is 5.69. The predicted molar refractivity (Wildman–Crippen MR) is 131 cm³/mol. The van der Waals surface area contributed by atoms with E-state index in [0.717, 1.165) is 39.1 Å². The van der Waals surface area contributed by atoms with E-state index in [1.165, 1.54) is 0 Å². The minimum Gasteiger partial charge on any atom is -0.491 e. The zero-order chi connectivity index (χ0) is 22.3. The van der Waals surface area contributed by atoms with Crippen LogP contribution in [0.2, 0.25) is 0 Å². The van der Waals surface area contributed by atoms with Gasteiger partial charge in [-0.15, -0.1) is 6.58 Å². The molecule has 6 heteroatoms. The lowest BCUT2D eigenvalue weighted by Crippen LogP contribution is -2.25. The number of imidazole rings is 1. The van der Waals surface area contributed by atoms with Crippen molar-refractivity contribution in [1.29, 1.82) is 0 Å². The second-order valence-electron chi connectivity index (χ2n) is 7.31. The number of hydrogen-bond acceptors (Lipinski definition) is 3. The molecular formula is C26H24BrN3O2. The minimum atomic E-state index is -0.134. The van der Waals surface area contributed by atoms with Crippen LogP contribution in [0.15, 0.2) is 89.9 Å². The normalized spacial score (nSPS) is 10.8. The van der Waals surface area contributed by atoms with E-state index in [0.29, 0.717) is 25.3 Å². The lowest BCUT2D eigenvalue weighted by molar-refractivity contribution is 0.0949. The van der Waals surface area contributed by atoms with E-state index in [1.807, 2.05) is 66.7 Å². The third kappa shape index (κ3) is 5.08. The van der Waals surface area contributed by atoms with Gasteiger partial charge in [-0.2, -0.15) is 0 Å². The number of amides is 1. The van der Waals surface area contributed by atoms with Crippen LogP contribution in [-0.2, 0) is 19.5 Å². The molecule has 0 aliphatic rings. The Labute approximate surface area is 195 Å². The zero-order valence-corrected chi connectivity index (χ0v) is 19.2. The van der Waals surface area contributed by atoms with Crippen molar-refractivity contribution in [3.05, 3.63) is 107 Å². The quantitative estimate of drug-likeness (QED) is 0.314. The van der Waals surface area contributed by atoms with Gasteiger partial charge >= 0.3 is 0 Å². The van der Waals surface area contributed by atoms with Gasteiger partial charge in [0, 0.05) is 10.0 Å². The number of hydrogen-bond donors (Lipinski definition) is 1. The number of aromatic nitrogens is 2. The third-order valence-electron chi connectivity index (χ3n) is 5.16. The lowest BCUT2D eigenvalue weighted by atomic mass is 10.1. The maximum Gasteiger partial charge on any atom is 0.251 e. The van der Waals surface area contributed by atoms with Crippen molar-refractivity contribution in [3.63, 3.8) is 0 Å². The first-order chi connectivity index (χ1) is 15.7. The molecule has 5 nitrogen and oxygen atoms in total. The van der Waals surface area contributed by atoms with E-state index in [2.05, 4.69) is 32.4 Å².